The third-order valence-corrected chi connectivity index (χ3v) is 1.83. The molecule has 0 aliphatic carbocycles. The summed E-state index contributed by atoms with van der Waals surface area (Å²) in [5.74, 6) is -0.603. The van der Waals surface area contributed by atoms with Crippen molar-refractivity contribution in [2.24, 2.45) is 5.92 Å². The summed E-state index contributed by atoms with van der Waals surface area (Å²) < 4.78 is 4.56. The lowest BCUT2D eigenvalue weighted by molar-refractivity contribution is -0.145. The van der Waals surface area contributed by atoms with E-state index < -0.39 is 0 Å². The molecule has 0 rings (SSSR count). The number of hydrogen-bond acceptors (Lipinski definition) is 3. The van der Waals surface area contributed by atoms with E-state index in [1.165, 1.54) is 12.0 Å². The largest absolute Gasteiger partial charge is 0.469 e. The van der Waals surface area contributed by atoms with Crippen molar-refractivity contribution in [1.82, 2.24) is 10.2 Å². The smallest absolute Gasteiger partial charge is 0.317 e. The van der Waals surface area contributed by atoms with Crippen LogP contribution >= 0.6 is 0 Å². The Morgan fingerprint density at radius 2 is 2.07 bits per heavy atom. The minimum atomic E-state index is -0.304. The molecule has 0 aliphatic rings. The standard InChI is InChI=1S/C9H18N2O3/c1-5-10-9(13)11(3)6-7(2)8(12)14-4/h7H,5-6H2,1-4H3,(H,10,13). The van der Waals surface area contributed by atoms with Crippen LogP contribution in [0.25, 0.3) is 0 Å². The van der Waals surface area contributed by atoms with Crippen LogP contribution in [-0.4, -0.2) is 44.1 Å². The number of carbonyl (C=O) groups is 2. The van der Waals surface area contributed by atoms with Gasteiger partial charge in [-0.3, -0.25) is 4.79 Å². The number of esters is 1. The molecule has 0 aromatic carbocycles. The fourth-order valence-electron chi connectivity index (χ4n) is 1.06. The highest BCUT2D eigenvalue weighted by atomic mass is 16.5. The van der Waals surface area contributed by atoms with E-state index in [-0.39, 0.29) is 17.9 Å². The molecule has 0 fully saturated rings. The third-order valence-electron chi connectivity index (χ3n) is 1.83. The highest BCUT2D eigenvalue weighted by Gasteiger charge is 2.17. The first-order valence-corrected chi connectivity index (χ1v) is 4.59. The minimum Gasteiger partial charge on any atom is -0.469 e. The average molecular weight is 202 g/mol. The fourth-order valence-corrected chi connectivity index (χ4v) is 1.06. The van der Waals surface area contributed by atoms with Gasteiger partial charge in [-0.1, -0.05) is 6.92 Å². The Morgan fingerprint density at radius 3 is 2.50 bits per heavy atom. The van der Waals surface area contributed by atoms with Crippen LogP contribution in [0, 0.1) is 5.92 Å². The summed E-state index contributed by atoms with van der Waals surface area (Å²) in [5.41, 5.74) is 0. The van der Waals surface area contributed by atoms with Crippen LogP contribution in [0.1, 0.15) is 13.8 Å². The highest BCUT2D eigenvalue weighted by molar-refractivity contribution is 5.76. The first kappa shape index (κ1) is 12.7. The van der Waals surface area contributed by atoms with Crippen LogP contribution in [-0.2, 0) is 9.53 Å². The maximum absolute atomic E-state index is 11.3. The summed E-state index contributed by atoms with van der Waals surface area (Å²) in [6, 6.07) is -0.178. The van der Waals surface area contributed by atoms with Crippen LogP contribution in [0.2, 0.25) is 0 Å². The second-order valence-electron chi connectivity index (χ2n) is 3.14. The summed E-state index contributed by atoms with van der Waals surface area (Å²) in [6.45, 7) is 4.51. The van der Waals surface area contributed by atoms with Gasteiger partial charge in [-0.25, -0.2) is 4.79 Å². The molecule has 14 heavy (non-hydrogen) atoms. The van der Waals surface area contributed by atoms with Crippen LogP contribution < -0.4 is 5.32 Å². The molecule has 2 amide bonds. The first-order chi connectivity index (χ1) is 6.52. The van der Waals surface area contributed by atoms with Gasteiger partial charge in [-0.05, 0) is 6.92 Å². The Balaban J connectivity index is 3.98. The Labute approximate surface area is 84.4 Å². The second kappa shape index (κ2) is 6.23. The van der Waals surface area contributed by atoms with Crippen molar-refractivity contribution in [2.75, 3.05) is 27.2 Å². The summed E-state index contributed by atoms with van der Waals surface area (Å²) in [6.07, 6.45) is 0. The van der Waals surface area contributed by atoms with E-state index in [1.54, 1.807) is 14.0 Å². The van der Waals surface area contributed by atoms with E-state index in [1.807, 2.05) is 6.92 Å². The monoisotopic (exact) mass is 202 g/mol. The maximum atomic E-state index is 11.3. The van der Waals surface area contributed by atoms with Crippen LogP contribution in [0.4, 0.5) is 4.79 Å². The Kier molecular flexibility index (Phi) is 5.67. The maximum Gasteiger partial charge on any atom is 0.317 e. The van der Waals surface area contributed by atoms with Gasteiger partial charge >= 0.3 is 12.0 Å². The summed E-state index contributed by atoms with van der Waals surface area (Å²) in [5, 5.41) is 2.64. The summed E-state index contributed by atoms with van der Waals surface area (Å²) in [7, 11) is 2.98. The van der Waals surface area contributed by atoms with Gasteiger partial charge in [0.15, 0.2) is 0 Å². The lowest BCUT2D eigenvalue weighted by Crippen LogP contribution is -2.40. The molecule has 1 N–H and O–H groups in total. The number of carbonyl (C=O) groups excluding carboxylic acids is 2. The molecular formula is C9H18N2O3. The van der Waals surface area contributed by atoms with Crippen molar-refractivity contribution in [1.29, 1.82) is 0 Å². The number of hydrogen-bond donors (Lipinski definition) is 1. The number of methoxy groups -OCH3 is 1. The molecule has 1 atom stereocenters. The van der Waals surface area contributed by atoms with Gasteiger partial charge < -0.3 is 15.0 Å². The number of nitrogens with one attached hydrogen (secondary N) is 1. The third kappa shape index (κ3) is 4.11. The molecule has 1 unspecified atom stereocenters. The molecular weight excluding hydrogens is 184 g/mol. The van der Waals surface area contributed by atoms with E-state index in [2.05, 4.69) is 10.1 Å². The van der Waals surface area contributed by atoms with E-state index in [0.717, 1.165) is 0 Å². The predicted octanol–water partition coefficient (Wildman–Crippen LogP) is 0.457. The van der Waals surface area contributed by atoms with Gasteiger partial charge in [0.2, 0.25) is 0 Å². The fraction of sp³-hybridized carbons (Fsp3) is 0.778. The first-order valence-electron chi connectivity index (χ1n) is 4.59. The molecule has 0 radical (unpaired) electrons. The lowest BCUT2D eigenvalue weighted by Gasteiger charge is -2.20. The van der Waals surface area contributed by atoms with E-state index in [9.17, 15) is 9.59 Å². The highest BCUT2D eigenvalue weighted by Crippen LogP contribution is 2.00. The average Bonchev–Trinajstić information content (AvgIpc) is 2.16. The van der Waals surface area contributed by atoms with E-state index >= 15 is 0 Å². The quantitative estimate of drug-likeness (QED) is 0.674. The Morgan fingerprint density at radius 1 is 1.50 bits per heavy atom. The summed E-state index contributed by atoms with van der Waals surface area (Å²) >= 11 is 0. The molecule has 0 saturated heterocycles. The van der Waals surface area contributed by atoms with Crippen LogP contribution in [0.3, 0.4) is 0 Å². The van der Waals surface area contributed by atoms with E-state index in [0.29, 0.717) is 13.1 Å². The van der Waals surface area contributed by atoms with Gasteiger partial charge in [0.05, 0.1) is 13.0 Å². The zero-order chi connectivity index (χ0) is 11.1. The van der Waals surface area contributed by atoms with Gasteiger partial charge in [-0.2, -0.15) is 0 Å². The molecule has 0 aromatic rings. The van der Waals surface area contributed by atoms with Gasteiger partial charge in [-0.15, -0.1) is 0 Å². The van der Waals surface area contributed by atoms with Crippen molar-refractivity contribution < 1.29 is 14.3 Å². The number of ether oxygens (including phenoxy) is 1. The van der Waals surface area contributed by atoms with Gasteiger partial charge in [0.25, 0.3) is 0 Å². The molecule has 0 bridgehead atoms. The molecule has 0 saturated carbocycles. The predicted molar refractivity (Wildman–Crippen MR) is 52.9 cm³/mol. The Hall–Kier alpha value is -1.26. The SMILES string of the molecule is CCNC(=O)N(C)CC(C)C(=O)OC. The van der Waals surface area contributed by atoms with Crippen molar-refractivity contribution in [3.63, 3.8) is 0 Å². The summed E-state index contributed by atoms with van der Waals surface area (Å²) in [4.78, 5) is 23.8. The minimum absolute atomic E-state index is 0.178. The Bertz CT molecular complexity index is 206. The van der Waals surface area contributed by atoms with Crippen molar-refractivity contribution in [3.8, 4) is 0 Å². The van der Waals surface area contributed by atoms with Crippen molar-refractivity contribution >= 4 is 12.0 Å². The van der Waals surface area contributed by atoms with Crippen LogP contribution in [0.15, 0.2) is 0 Å². The zero-order valence-corrected chi connectivity index (χ0v) is 9.16. The van der Waals surface area contributed by atoms with Gasteiger partial charge in [0, 0.05) is 20.1 Å². The van der Waals surface area contributed by atoms with Crippen molar-refractivity contribution in [2.45, 2.75) is 13.8 Å². The van der Waals surface area contributed by atoms with Crippen molar-refractivity contribution in [3.05, 3.63) is 0 Å². The molecule has 0 spiro atoms. The molecule has 5 nitrogen and oxygen atoms in total. The number of amides is 2. The number of rotatable bonds is 4. The van der Waals surface area contributed by atoms with E-state index in [4.69, 9.17) is 0 Å². The van der Waals surface area contributed by atoms with Gasteiger partial charge in [0.1, 0.15) is 0 Å². The molecule has 0 aromatic heterocycles. The number of urea groups is 1. The topological polar surface area (TPSA) is 58.6 Å². The number of nitrogens with zero attached hydrogens (tertiary/aromatic N) is 1. The molecule has 5 heteroatoms. The zero-order valence-electron chi connectivity index (χ0n) is 9.16. The molecule has 82 valence electrons. The van der Waals surface area contributed by atoms with Crippen LogP contribution in [0.5, 0.6) is 0 Å². The second-order valence-corrected chi connectivity index (χ2v) is 3.14. The molecule has 0 aliphatic heterocycles. The molecule has 0 heterocycles. The lowest BCUT2D eigenvalue weighted by atomic mass is 10.2. The normalized spacial score (nSPS) is 11.7.